The molecule has 1 aliphatic heterocycles. The first-order valence-electron chi connectivity index (χ1n) is 9.91. The number of anilines is 2. The molecule has 3 rings (SSSR count). The van der Waals surface area contributed by atoms with Crippen molar-refractivity contribution >= 4 is 23.2 Å². The van der Waals surface area contributed by atoms with E-state index in [-0.39, 0.29) is 30.4 Å². The second-order valence-electron chi connectivity index (χ2n) is 7.61. The van der Waals surface area contributed by atoms with Crippen LogP contribution in [0.1, 0.15) is 24.4 Å². The number of nitrogens with zero attached hydrogens (tertiary/aromatic N) is 2. The Morgan fingerprint density at radius 1 is 1.07 bits per heavy atom. The van der Waals surface area contributed by atoms with E-state index in [2.05, 4.69) is 5.32 Å². The van der Waals surface area contributed by atoms with Crippen molar-refractivity contribution in [2.24, 2.45) is 5.92 Å². The fourth-order valence-corrected chi connectivity index (χ4v) is 3.78. The van der Waals surface area contributed by atoms with Crippen LogP contribution in [-0.4, -0.2) is 51.1 Å². The summed E-state index contributed by atoms with van der Waals surface area (Å²) in [5.41, 5.74) is 2.93. The second kappa shape index (κ2) is 9.56. The molecule has 0 aromatic heterocycles. The van der Waals surface area contributed by atoms with Gasteiger partial charge >= 0.3 is 0 Å². The van der Waals surface area contributed by atoms with E-state index < -0.39 is 0 Å². The van der Waals surface area contributed by atoms with Crippen LogP contribution in [0.5, 0.6) is 0 Å². The average Bonchev–Trinajstić information content (AvgIpc) is 2.74. The molecule has 2 amide bonds. The molecule has 2 atom stereocenters. The van der Waals surface area contributed by atoms with Crippen LogP contribution in [0.25, 0.3) is 0 Å². The number of hydrogen-bond donors (Lipinski definition) is 1. The van der Waals surface area contributed by atoms with E-state index in [1.807, 2.05) is 73.6 Å². The Hall–Kier alpha value is -2.86. The lowest BCUT2D eigenvalue weighted by molar-refractivity contribution is -0.141. The monoisotopic (exact) mass is 395 g/mol. The fraction of sp³-hybridized carbons (Fsp3) is 0.391. The molecule has 1 fully saturated rings. The van der Waals surface area contributed by atoms with Gasteiger partial charge in [0.15, 0.2) is 0 Å². The maximum atomic E-state index is 12.9. The normalized spacial score (nSPS) is 18.9. The number of carbonyl (C=O) groups is 2. The molecule has 29 heavy (non-hydrogen) atoms. The van der Waals surface area contributed by atoms with Crippen LogP contribution in [0.4, 0.5) is 11.4 Å². The molecule has 0 bridgehead atoms. The van der Waals surface area contributed by atoms with E-state index >= 15 is 0 Å². The van der Waals surface area contributed by atoms with Gasteiger partial charge in [0, 0.05) is 39.1 Å². The molecule has 2 unspecified atom stereocenters. The standard InChI is InChI=1S/C23H29N3O3/c1-25(2)20-12-10-19(11-13-20)24-23(28)18-9-14-21(17-7-5-4-6-8-17)26(15-18)22(27)16-29-3/h4-8,10-13,18,21H,9,14-16H2,1-3H3,(H,24,28). The van der Waals surface area contributed by atoms with Crippen LogP contribution < -0.4 is 10.2 Å². The summed E-state index contributed by atoms with van der Waals surface area (Å²) in [5.74, 6) is -0.386. The Labute approximate surface area is 172 Å². The largest absolute Gasteiger partial charge is 0.378 e. The fourth-order valence-electron chi connectivity index (χ4n) is 3.78. The summed E-state index contributed by atoms with van der Waals surface area (Å²) >= 11 is 0. The molecular weight excluding hydrogens is 366 g/mol. The molecular formula is C23H29N3O3. The van der Waals surface area contributed by atoms with Gasteiger partial charge in [0.1, 0.15) is 6.61 Å². The second-order valence-corrected chi connectivity index (χ2v) is 7.61. The summed E-state index contributed by atoms with van der Waals surface area (Å²) in [7, 11) is 5.47. The Morgan fingerprint density at radius 3 is 2.38 bits per heavy atom. The first kappa shape index (κ1) is 20.9. The molecule has 0 spiro atoms. The zero-order chi connectivity index (χ0) is 20.8. The highest BCUT2D eigenvalue weighted by Crippen LogP contribution is 2.34. The van der Waals surface area contributed by atoms with E-state index in [0.29, 0.717) is 6.54 Å². The molecule has 1 heterocycles. The van der Waals surface area contributed by atoms with E-state index in [1.54, 1.807) is 4.90 Å². The molecule has 6 heteroatoms. The van der Waals surface area contributed by atoms with Crippen molar-refractivity contribution in [3.8, 4) is 0 Å². The lowest BCUT2D eigenvalue weighted by Gasteiger charge is -2.39. The van der Waals surface area contributed by atoms with Crippen LogP contribution in [-0.2, 0) is 14.3 Å². The van der Waals surface area contributed by atoms with Crippen molar-refractivity contribution in [2.45, 2.75) is 18.9 Å². The zero-order valence-electron chi connectivity index (χ0n) is 17.3. The Morgan fingerprint density at radius 2 is 1.76 bits per heavy atom. The summed E-state index contributed by atoms with van der Waals surface area (Å²) in [4.78, 5) is 29.3. The minimum Gasteiger partial charge on any atom is -0.378 e. The maximum absolute atomic E-state index is 12.9. The van der Waals surface area contributed by atoms with Gasteiger partial charge < -0.3 is 19.9 Å². The third kappa shape index (κ3) is 5.15. The van der Waals surface area contributed by atoms with E-state index in [4.69, 9.17) is 4.74 Å². The van der Waals surface area contributed by atoms with Gasteiger partial charge in [-0.05, 0) is 42.7 Å². The SMILES string of the molecule is COCC(=O)N1CC(C(=O)Nc2ccc(N(C)C)cc2)CCC1c1ccccc1. The van der Waals surface area contributed by atoms with Crippen LogP contribution in [0, 0.1) is 5.92 Å². The first-order chi connectivity index (χ1) is 14.0. The van der Waals surface area contributed by atoms with Gasteiger partial charge in [-0.15, -0.1) is 0 Å². The highest BCUT2D eigenvalue weighted by atomic mass is 16.5. The number of nitrogens with one attached hydrogen (secondary N) is 1. The minimum absolute atomic E-state index is 0.0175. The number of hydrogen-bond acceptors (Lipinski definition) is 4. The molecule has 0 saturated carbocycles. The first-order valence-corrected chi connectivity index (χ1v) is 9.91. The van der Waals surface area contributed by atoms with Crippen molar-refractivity contribution < 1.29 is 14.3 Å². The number of ether oxygens (including phenoxy) is 1. The van der Waals surface area contributed by atoms with E-state index in [9.17, 15) is 9.59 Å². The summed E-state index contributed by atoms with van der Waals surface area (Å²) < 4.78 is 5.07. The molecule has 0 aliphatic carbocycles. The molecule has 154 valence electrons. The number of methoxy groups -OCH3 is 1. The predicted molar refractivity (Wildman–Crippen MR) is 115 cm³/mol. The Bertz CT molecular complexity index is 821. The van der Waals surface area contributed by atoms with Gasteiger partial charge in [-0.1, -0.05) is 30.3 Å². The Kier molecular flexibility index (Phi) is 6.88. The van der Waals surface area contributed by atoms with Gasteiger partial charge in [0.25, 0.3) is 0 Å². The molecule has 1 N–H and O–H groups in total. The quantitative estimate of drug-likeness (QED) is 0.815. The van der Waals surface area contributed by atoms with Crippen molar-refractivity contribution in [1.82, 2.24) is 4.90 Å². The van der Waals surface area contributed by atoms with Crippen LogP contribution in [0.15, 0.2) is 54.6 Å². The Balaban J connectivity index is 1.70. The summed E-state index contributed by atoms with van der Waals surface area (Å²) in [5, 5.41) is 3.00. The highest BCUT2D eigenvalue weighted by Gasteiger charge is 2.35. The topological polar surface area (TPSA) is 61.9 Å². The van der Waals surface area contributed by atoms with Crippen molar-refractivity contribution in [3.63, 3.8) is 0 Å². The minimum atomic E-state index is -0.246. The van der Waals surface area contributed by atoms with Crippen LogP contribution >= 0.6 is 0 Å². The van der Waals surface area contributed by atoms with Crippen molar-refractivity contribution in [2.75, 3.05) is 44.6 Å². The lowest BCUT2D eigenvalue weighted by atomic mass is 9.88. The number of amides is 2. The number of likely N-dealkylation sites (tertiary alicyclic amines) is 1. The zero-order valence-corrected chi connectivity index (χ0v) is 17.3. The van der Waals surface area contributed by atoms with Gasteiger partial charge in [-0.2, -0.15) is 0 Å². The number of rotatable bonds is 6. The summed E-state index contributed by atoms with van der Waals surface area (Å²) in [6.07, 6.45) is 1.48. The summed E-state index contributed by atoms with van der Waals surface area (Å²) in [6.45, 7) is 0.410. The molecule has 6 nitrogen and oxygen atoms in total. The van der Waals surface area contributed by atoms with Crippen molar-refractivity contribution in [1.29, 1.82) is 0 Å². The number of carbonyl (C=O) groups excluding carboxylic acids is 2. The third-order valence-corrected chi connectivity index (χ3v) is 5.38. The van der Waals surface area contributed by atoms with Gasteiger partial charge in [-0.25, -0.2) is 0 Å². The van der Waals surface area contributed by atoms with E-state index in [1.165, 1.54) is 7.11 Å². The molecule has 1 aliphatic rings. The molecule has 2 aromatic carbocycles. The van der Waals surface area contributed by atoms with Crippen LogP contribution in [0.3, 0.4) is 0 Å². The third-order valence-electron chi connectivity index (χ3n) is 5.38. The molecule has 0 radical (unpaired) electrons. The smallest absolute Gasteiger partial charge is 0.249 e. The van der Waals surface area contributed by atoms with Crippen molar-refractivity contribution in [3.05, 3.63) is 60.2 Å². The predicted octanol–water partition coefficient (Wildman–Crippen LogP) is 3.32. The number of piperidine rings is 1. The lowest BCUT2D eigenvalue weighted by Crippen LogP contribution is -2.46. The van der Waals surface area contributed by atoms with Crippen LogP contribution in [0.2, 0.25) is 0 Å². The number of benzene rings is 2. The molecule has 2 aromatic rings. The maximum Gasteiger partial charge on any atom is 0.249 e. The molecule has 1 saturated heterocycles. The van der Waals surface area contributed by atoms with Gasteiger partial charge in [0.05, 0.1) is 12.0 Å². The highest BCUT2D eigenvalue weighted by molar-refractivity contribution is 5.93. The van der Waals surface area contributed by atoms with Gasteiger partial charge in [-0.3, -0.25) is 9.59 Å². The van der Waals surface area contributed by atoms with E-state index in [0.717, 1.165) is 29.8 Å². The van der Waals surface area contributed by atoms with Gasteiger partial charge in [0.2, 0.25) is 11.8 Å². The summed E-state index contributed by atoms with van der Waals surface area (Å²) in [6, 6.07) is 17.7. The average molecular weight is 396 g/mol.